The number of alkyl halides is 3. The lowest BCUT2D eigenvalue weighted by Gasteiger charge is -2.16. The summed E-state index contributed by atoms with van der Waals surface area (Å²) in [5.74, 6) is -3.90. The third-order valence-electron chi connectivity index (χ3n) is 5.33. The van der Waals surface area contributed by atoms with Crippen LogP contribution in [0.1, 0.15) is 5.56 Å². The van der Waals surface area contributed by atoms with Gasteiger partial charge in [-0.3, -0.25) is 4.98 Å². The molecule has 13 heteroatoms. The number of hydrogen-bond acceptors (Lipinski definition) is 6. The van der Waals surface area contributed by atoms with Crippen molar-refractivity contribution >= 4 is 45.9 Å². The Labute approximate surface area is 225 Å². The first-order valence-electron chi connectivity index (χ1n) is 11.5. The Hall–Kier alpha value is -4.16. The van der Waals surface area contributed by atoms with Crippen LogP contribution in [-0.2, 0) is 10.7 Å². The molecule has 0 unspecified atom stereocenters. The molecule has 0 saturated carbocycles. The van der Waals surface area contributed by atoms with E-state index in [-0.39, 0.29) is 27.9 Å². The van der Waals surface area contributed by atoms with Gasteiger partial charge in [0.1, 0.15) is 11.6 Å². The molecule has 0 atom stereocenters. The number of benzene rings is 3. The molecule has 1 heterocycles. The number of ether oxygens (including phenoxy) is 2. The fourth-order valence-electron chi connectivity index (χ4n) is 3.46. The van der Waals surface area contributed by atoms with E-state index < -0.39 is 30.0 Å². The molecule has 39 heavy (non-hydrogen) atoms. The van der Waals surface area contributed by atoms with Crippen molar-refractivity contribution in [2.24, 2.45) is 0 Å². The molecule has 0 aliphatic carbocycles. The number of nitrogens with one attached hydrogen (secondary N) is 3. The molecular formula is C26H22ClF4N5O3. The van der Waals surface area contributed by atoms with E-state index in [4.69, 9.17) is 21.1 Å². The van der Waals surface area contributed by atoms with Crippen molar-refractivity contribution in [3.63, 3.8) is 0 Å². The monoisotopic (exact) mass is 563 g/mol. The summed E-state index contributed by atoms with van der Waals surface area (Å²) in [7, 11) is 1.59. The van der Waals surface area contributed by atoms with Crippen LogP contribution in [0.3, 0.4) is 0 Å². The van der Waals surface area contributed by atoms with Crippen molar-refractivity contribution in [2.75, 3.05) is 42.9 Å². The summed E-state index contributed by atoms with van der Waals surface area (Å²) in [6.07, 6.45) is 1.58. The number of methoxy groups -OCH3 is 1. The molecule has 0 spiro atoms. The molecule has 3 N–H and O–H groups in total. The first-order valence-corrected chi connectivity index (χ1v) is 11.8. The average molecular weight is 564 g/mol. The highest BCUT2D eigenvalue weighted by Gasteiger charge is 2.34. The fourth-order valence-corrected chi connectivity index (χ4v) is 3.71. The molecule has 0 fully saturated rings. The summed E-state index contributed by atoms with van der Waals surface area (Å²) >= 11 is 5.75. The van der Waals surface area contributed by atoms with Gasteiger partial charge in [0.25, 0.3) is 0 Å². The summed E-state index contributed by atoms with van der Waals surface area (Å²) in [6.45, 7) is -0.925. The van der Waals surface area contributed by atoms with Crippen molar-refractivity contribution in [3.8, 4) is 11.5 Å². The molecule has 204 valence electrons. The van der Waals surface area contributed by atoms with Crippen LogP contribution in [0.2, 0.25) is 5.02 Å². The lowest BCUT2D eigenvalue weighted by Crippen LogP contribution is -2.21. The van der Waals surface area contributed by atoms with Crippen LogP contribution in [0.5, 0.6) is 11.5 Å². The van der Waals surface area contributed by atoms with Gasteiger partial charge < -0.3 is 25.4 Å². The number of halogens is 5. The van der Waals surface area contributed by atoms with Crippen LogP contribution in [-0.4, -0.2) is 42.9 Å². The Morgan fingerprint density at radius 1 is 1.03 bits per heavy atom. The van der Waals surface area contributed by atoms with Crippen molar-refractivity contribution < 1.29 is 31.8 Å². The zero-order chi connectivity index (χ0) is 28.0. The minimum absolute atomic E-state index is 0.0491. The van der Waals surface area contributed by atoms with Crippen LogP contribution >= 0.6 is 11.6 Å². The van der Waals surface area contributed by atoms with Gasteiger partial charge in [0.15, 0.2) is 18.2 Å². The number of amides is 2. The summed E-state index contributed by atoms with van der Waals surface area (Å²) in [4.78, 5) is 21.2. The van der Waals surface area contributed by atoms with Gasteiger partial charge in [0.2, 0.25) is 0 Å². The molecule has 2 amide bonds. The number of fused-ring (bicyclic) bond motifs is 1. The van der Waals surface area contributed by atoms with E-state index in [0.29, 0.717) is 30.0 Å². The molecule has 0 bridgehead atoms. The van der Waals surface area contributed by atoms with E-state index in [9.17, 15) is 22.4 Å². The second-order valence-electron chi connectivity index (χ2n) is 8.18. The standard InChI is InChI=1S/C26H22ClF4N5O3/c1-38-9-8-32-24-13-33-21-7-4-17(12-22(21)36-24)39-23-11-16(3-6-20(23)29)35-25(37)34-15-2-5-19(27)18(10-15)26(30,31)14-28/h2-7,10-13H,8-9,14H2,1H3,(H,32,36)(H2,34,35,37). The summed E-state index contributed by atoms with van der Waals surface area (Å²) < 4.78 is 65.5. The predicted molar refractivity (Wildman–Crippen MR) is 140 cm³/mol. The van der Waals surface area contributed by atoms with Gasteiger partial charge in [-0.15, -0.1) is 0 Å². The lowest BCUT2D eigenvalue weighted by atomic mass is 10.1. The highest BCUT2D eigenvalue weighted by Crippen LogP contribution is 2.36. The van der Waals surface area contributed by atoms with Gasteiger partial charge >= 0.3 is 12.0 Å². The summed E-state index contributed by atoms with van der Waals surface area (Å²) in [6, 6.07) is 10.9. The third-order valence-corrected chi connectivity index (χ3v) is 5.66. The highest BCUT2D eigenvalue weighted by molar-refractivity contribution is 6.31. The molecule has 0 saturated heterocycles. The lowest BCUT2D eigenvalue weighted by molar-refractivity contribution is -0.0279. The maximum atomic E-state index is 14.5. The number of anilines is 3. The topological polar surface area (TPSA) is 97.4 Å². The largest absolute Gasteiger partial charge is 0.454 e. The van der Waals surface area contributed by atoms with E-state index in [0.717, 1.165) is 18.2 Å². The number of hydrogen-bond donors (Lipinski definition) is 3. The molecule has 1 aromatic heterocycles. The number of carbonyl (C=O) groups is 1. The summed E-state index contributed by atoms with van der Waals surface area (Å²) in [5.41, 5.74) is 0.440. The number of aromatic nitrogens is 2. The van der Waals surface area contributed by atoms with Crippen molar-refractivity contribution in [1.29, 1.82) is 0 Å². The number of carbonyl (C=O) groups excluding carboxylic acids is 1. The maximum absolute atomic E-state index is 14.5. The molecule has 4 aromatic rings. The minimum atomic E-state index is -3.81. The normalized spacial score (nSPS) is 11.3. The zero-order valence-electron chi connectivity index (χ0n) is 20.4. The van der Waals surface area contributed by atoms with E-state index >= 15 is 0 Å². The highest BCUT2D eigenvalue weighted by atomic mass is 35.5. The molecule has 8 nitrogen and oxygen atoms in total. The van der Waals surface area contributed by atoms with E-state index in [1.54, 1.807) is 31.5 Å². The third kappa shape index (κ3) is 7.03. The molecular weight excluding hydrogens is 542 g/mol. The molecule has 4 rings (SSSR count). The van der Waals surface area contributed by atoms with Crippen molar-refractivity contribution in [2.45, 2.75) is 5.92 Å². The van der Waals surface area contributed by atoms with Crippen LogP contribution in [0.4, 0.5) is 39.5 Å². The van der Waals surface area contributed by atoms with E-state index in [1.807, 2.05) is 0 Å². The van der Waals surface area contributed by atoms with Gasteiger partial charge in [-0.05, 0) is 42.5 Å². The predicted octanol–water partition coefficient (Wildman–Crippen LogP) is 6.98. The molecule has 3 aromatic carbocycles. The first kappa shape index (κ1) is 27.9. The van der Waals surface area contributed by atoms with Gasteiger partial charge in [-0.25, -0.2) is 18.6 Å². The quantitative estimate of drug-likeness (QED) is 0.142. The first-order chi connectivity index (χ1) is 18.7. The Kier molecular flexibility index (Phi) is 8.67. The van der Waals surface area contributed by atoms with Crippen LogP contribution in [0, 0.1) is 5.82 Å². The number of urea groups is 1. The minimum Gasteiger partial charge on any atom is -0.454 e. The number of rotatable bonds is 10. The summed E-state index contributed by atoms with van der Waals surface area (Å²) in [5, 5.41) is 7.54. The fraction of sp³-hybridized carbons (Fsp3) is 0.192. The van der Waals surface area contributed by atoms with Crippen LogP contribution in [0.25, 0.3) is 11.0 Å². The molecule has 0 aliphatic heterocycles. The average Bonchev–Trinajstić information content (AvgIpc) is 2.91. The second kappa shape index (κ2) is 12.1. The zero-order valence-corrected chi connectivity index (χ0v) is 21.2. The Bertz CT molecular complexity index is 1490. The Balaban J connectivity index is 1.47. The Morgan fingerprint density at radius 3 is 2.51 bits per heavy atom. The SMILES string of the molecule is COCCNc1cnc2ccc(Oc3cc(NC(=O)Nc4ccc(Cl)c(C(F)(F)CF)c4)ccc3F)cc2n1. The smallest absolute Gasteiger partial charge is 0.323 e. The van der Waals surface area contributed by atoms with Gasteiger partial charge in [0.05, 0.1) is 23.8 Å². The van der Waals surface area contributed by atoms with Crippen molar-refractivity contribution in [1.82, 2.24) is 9.97 Å². The molecule has 0 aliphatic rings. The second-order valence-corrected chi connectivity index (χ2v) is 8.59. The molecule has 0 radical (unpaired) electrons. The van der Waals surface area contributed by atoms with Crippen LogP contribution < -0.4 is 20.7 Å². The van der Waals surface area contributed by atoms with Gasteiger partial charge in [-0.2, -0.15) is 8.78 Å². The van der Waals surface area contributed by atoms with Gasteiger partial charge in [-0.1, -0.05) is 11.6 Å². The number of nitrogens with zero attached hydrogens (tertiary/aromatic N) is 2. The van der Waals surface area contributed by atoms with Gasteiger partial charge in [0, 0.05) is 47.7 Å². The Morgan fingerprint density at radius 2 is 1.77 bits per heavy atom. The van der Waals surface area contributed by atoms with E-state index in [2.05, 4.69) is 25.9 Å². The van der Waals surface area contributed by atoms with E-state index in [1.165, 1.54) is 18.2 Å². The van der Waals surface area contributed by atoms with Crippen molar-refractivity contribution in [3.05, 3.63) is 77.2 Å². The van der Waals surface area contributed by atoms with Crippen LogP contribution in [0.15, 0.2) is 60.8 Å². The maximum Gasteiger partial charge on any atom is 0.323 e.